The van der Waals surface area contributed by atoms with Crippen LogP contribution in [0.25, 0.3) is 0 Å². The van der Waals surface area contributed by atoms with E-state index in [-0.39, 0.29) is 29.6 Å². The Kier molecular flexibility index (Phi) is 6.36. The van der Waals surface area contributed by atoms with E-state index in [1.165, 1.54) is 18.2 Å². The maximum atomic E-state index is 12.2. The monoisotopic (exact) mass is 320 g/mol. The molecule has 1 fully saturated rings. The first-order valence-corrected chi connectivity index (χ1v) is 6.62. The van der Waals surface area contributed by atoms with Gasteiger partial charge >= 0.3 is 6.61 Å². The molecule has 0 radical (unpaired) electrons. The Balaban J connectivity index is 0.00000220. The first-order chi connectivity index (χ1) is 9.54. The molecule has 0 saturated heterocycles. The van der Waals surface area contributed by atoms with Gasteiger partial charge in [-0.15, -0.1) is 12.4 Å². The molecular formula is C14H19ClF2N2O2. The van der Waals surface area contributed by atoms with Crippen LogP contribution in [0.15, 0.2) is 24.3 Å². The van der Waals surface area contributed by atoms with Crippen LogP contribution in [-0.2, 0) is 0 Å². The summed E-state index contributed by atoms with van der Waals surface area (Å²) in [7, 11) is 0. The van der Waals surface area contributed by atoms with E-state index in [0.717, 1.165) is 25.7 Å². The Morgan fingerprint density at radius 3 is 2.62 bits per heavy atom. The first kappa shape index (κ1) is 17.7. The van der Waals surface area contributed by atoms with Crippen molar-refractivity contribution in [1.29, 1.82) is 0 Å². The molecule has 0 spiro atoms. The molecule has 4 nitrogen and oxygen atoms in total. The van der Waals surface area contributed by atoms with E-state index in [1.807, 2.05) is 0 Å². The lowest BCUT2D eigenvalue weighted by molar-refractivity contribution is -0.0498. The van der Waals surface area contributed by atoms with Crippen molar-refractivity contribution in [2.75, 3.05) is 6.54 Å². The van der Waals surface area contributed by atoms with Gasteiger partial charge in [0.05, 0.1) is 5.54 Å². The van der Waals surface area contributed by atoms with Crippen LogP contribution in [0, 0.1) is 0 Å². The summed E-state index contributed by atoms with van der Waals surface area (Å²) in [6, 6.07) is 5.76. The van der Waals surface area contributed by atoms with Crippen LogP contribution in [0.2, 0.25) is 0 Å². The second-order valence-corrected chi connectivity index (χ2v) is 5.05. The molecule has 1 aliphatic carbocycles. The van der Waals surface area contributed by atoms with Gasteiger partial charge in [-0.1, -0.05) is 18.9 Å². The number of nitrogens with two attached hydrogens (primary N) is 1. The molecular weight excluding hydrogens is 302 g/mol. The molecule has 0 heterocycles. The summed E-state index contributed by atoms with van der Waals surface area (Å²) in [5, 5.41) is 2.93. The summed E-state index contributed by atoms with van der Waals surface area (Å²) in [5.41, 5.74) is 5.68. The van der Waals surface area contributed by atoms with Crippen molar-refractivity contribution in [1.82, 2.24) is 5.32 Å². The van der Waals surface area contributed by atoms with Crippen molar-refractivity contribution in [3.05, 3.63) is 29.8 Å². The number of carbonyl (C=O) groups excluding carboxylic acids is 1. The zero-order chi connectivity index (χ0) is 14.6. The molecule has 21 heavy (non-hydrogen) atoms. The molecule has 0 bridgehead atoms. The van der Waals surface area contributed by atoms with Crippen molar-refractivity contribution in [2.24, 2.45) is 5.73 Å². The molecule has 118 valence electrons. The summed E-state index contributed by atoms with van der Waals surface area (Å²) in [6.07, 6.45) is 3.77. The largest absolute Gasteiger partial charge is 0.435 e. The van der Waals surface area contributed by atoms with Gasteiger partial charge in [0.15, 0.2) is 0 Å². The molecule has 1 aromatic rings. The fourth-order valence-corrected chi connectivity index (χ4v) is 2.56. The molecule has 0 unspecified atom stereocenters. The summed E-state index contributed by atoms with van der Waals surface area (Å²) in [6.45, 7) is -2.52. The number of nitrogens with one attached hydrogen (secondary N) is 1. The average molecular weight is 321 g/mol. The highest BCUT2D eigenvalue weighted by Gasteiger charge is 2.34. The van der Waals surface area contributed by atoms with Crippen molar-refractivity contribution in [3.63, 3.8) is 0 Å². The van der Waals surface area contributed by atoms with Gasteiger partial charge in [-0.2, -0.15) is 8.78 Å². The number of hydrogen-bond donors (Lipinski definition) is 2. The Morgan fingerprint density at radius 1 is 1.38 bits per heavy atom. The number of rotatable bonds is 5. The van der Waals surface area contributed by atoms with Gasteiger partial charge in [0.25, 0.3) is 5.91 Å². The lowest BCUT2D eigenvalue weighted by atomic mass is 9.97. The quantitative estimate of drug-likeness (QED) is 0.876. The van der Waals surface area contributed by atoms with Gasteiger partial charge in [0.2, 0.25) is 0 Å². The summed E-state index contributed by atoms with van der Waals surface area (Å²) >= 11 is 0. The lowest BCUT2D eigenvalue weighted by Crippen LogP contribution is -2.51. The van der Waals surface area contributed by atoms with Crippen molar-refractivity contribution >= 4 is 18.3 Å². The van der Waals surface area contributed by atoms with E-state index in [4.69, 9.17) is 5.73 Å². The topological polar surface area (TPSA) is 64.3 Å². The van der Waals surface area contributed by atoms with Crippen molar-refractivity contribution in [2.45, 2.75) is 37.8 Å². The molecule has 3 N–H and O–H groups in total. The fraction of sp³-hybridized carbons (Fsp3) is 0.500. The van der Waals surface area contributed by atoms with Crippen LogP contribution >= 0.6 is 12.4 Å². The van der Waals surface area contributed by atoms with Gasteiger partial charge in [0, 0.05) is 12.1 Å². The van der Waals surface area contributed by atoms with E-state index >= 15 is 0 Å². The van der Waals surface area contributed by atoms with Gasteiger partial charge in [-0.3, -0.25) is 4.79 Å². The third-order valence-electron chi connectivity index (χ3n) is 3.65. The predicted molar refractivity (Wildman–Crippen MR) is 78.0 cm³/mol. The second kappa shape index (κ2) is 7.56. The maximum absolute atomic E-state index is 12.2. The Bertz CT molecular complexity index is 480. The van der Waals surface area contributed by atoms with Crippen LogP contribution in [-0.4, -0.2) is 24.6 Å². The average Bonchev–Trinajstić information content (AvgIpc) is 2.87. The Morgan fingerprint density at radius 2 is 2.05 bits per heavy atom. The summed E-state index contributed by atoms with van der Waals surface area (Å²) in [4.78, 5) is 12.2. The number of alkyl halides is 2. The number of amides is 1. The minimum absolute atomic E-state index is 0. The molecule has 2 rings (SSSR count). The van der Waals surface area contributed by atoms with Crippen LogP contribution in [0.3, 0.4) is 0 Å². The lowest BCUT2D eigenvalue weighted by Gasteiger charge is -2.28. The fourth-order valence-electron chi connectivity index (χ4n) is 2.56. The standard InChI is InChI=1S/C14H18F2N2O2.ClH/c15-13(16)20-11-5-3-4-10(8-11)12(19)18-14(9-17)6-1-2-7-14;/h3-5,8,13H,1-2,6-7,9,17H2,(H,18,19);1H. The third-order valence-corrected chi connectivity index (χ3v) is 3.65. The zero-order valence-corrected chi connectivity index (χ0v) is 12.3. The number of carbonyl (C=O) groups is 1. The number of benzene rings is 1. The molecule has 0 aromatic heterocycles. The van der Waals surface area contributed by atoms with E-state index < -0.39 is 6.61 Å². The summed E-state index contributed by atoms with van der Waals surface area (Å²) in [5.74, 6) is -0.335. The number of hydrogen-bond acceptors (Lipinski definition) is 3. The van der Waals surface area contributed by atoms with Crippen molar-refractivity contribution in [3.8, 4) is 5.75 Å². The molecule has 7 heteroatoms. The van der Waals surface area contributed by atoms with Gasteiger partial charge in [0.1, 0.15) is 5.75 Å². The maximum Gasteiger partial charge on any atom is 0.387 e. The van der Waals surface area contributed by atoms with Crippen LogP contribution in [0.1, 0.15) is 36.0 Å². The zero-order valence-electron chi connectivity index (χ0n) is 11.5. The normalized spacial score (nSPS) is 16.4. The van der Waals surface area contributed by atoms with Crippen LogP contribution in [0.5, 0.6) is 5.75 Å². The van der Waals surface area contributed by atoms with E-state index in [2.05, 4.69) is 10.1 Å². The smallest absolute Gasteiger partial charge is 0.387 e. The van der Waals surface area contributed by atoms with Crippen LogP contribution in [0.4, 0.5) is 8.78 Å². The Labute approximate surface area is 128 Å². The highest BCUT2D eigenvalue weighted by Crippen LogP contribution is 2.29. The minimum Gasteiger partial charge on any atom is -0.435 e. The van der Waals surface area contributed by atoms with Crippen molar-refractivity contribution < 1.29 is 18.3 Å². The second-order valence-electron chi connectivity index (χ2n) is 5.05. The molecule has 1 aromatic carbocycles. The summed E-state index contributed by atoms with van der Waals surface area (Å²) < 4.78 is 28.6. The van der Waals surface area contributed by atoms with E-state index in [1.54, 1.807) is 6.07 Å². The minimum atomic E-state index is -2.90. The SMILES string of the molecule is Cl.NCC1(NC(=O)c2cccc(OC(F)F)c2)CCCC1. The first-order valence-electron chi connectivity index (χ1n) is 6.62. The number of ether oxygens (including phenoxy) is 1. The predicted octanol–water partition coefficient (Wildman–Crippen LogP) is 2.71. The third kappa shape index (κ3) is 4.54. The molecule has 1 amide bonds. The highest BCUT2D eigenvalue weighted by atomic mass is 35.5. The van der Waals surface area contributed by atoms with Gasteiger partial charge in [-0.25, -0.2) is 0 Å². The molecule has 0 atom stereocenters. The van der Waals surface area contributed by atoms with E-state index in [0.29, 0.717) is 12.1 Å². The van der Waals surface area contributed by atoms with Gasteiger partial charge < -0.3 is 15.8 Å². The number of halogens is 3. The van der Waals surface area contributed by atoms with E-state index in [9.17, 15) is 13.6 Å². The Hall–Kier alpha value is -1.40. The molecule has 1 saturated carbocycles. The van der Waals surface area contributed by atoms with Gasteiger partial charge in [-0.05, 0) is 31.0 Å². The molecule has 0 aliphatic heterocycles. The highest BCUT2D eigenvalue weighted by molar-refractivity contribution is 5.95. The van der Waals surface area contributed by atoms with Crippen LogP contribution < -0.4 is 15.8 Å². The molecule has 1 aliphatic rings.